The Morgan fingerprint density at radius 1 is 0.967 bits per heavy atom. The number of H-pyrrole nitrogens is 1. The molecule has 1 aromatic heterocycles. The van der Waals surface area contributed by atoms with E-state index in [1.165, 1.54) is 0 Å². The molecule has 8 heteroatoms. The summed E-state index contributed by atoms with van der Waals surface area (Å²) in [6.45, 7) is 0. The van der Waals surface area contributed by atoms with Crippen LogP contribution in [0.5, 0.6) is 0 Å². The second-order valence-electron chi connectivity index (χ2n) is 7.34. The first-order valence-corrected chi connectivity index (χ1v) is 10.1. The number of hydrogen-bond donors (Lipinski definition) is 2. The smallest absolute Gasteiger partial charge is 0.294 e. The van der Waals surface area contributed by atoms with Crippen LogP contribution in [0.4, 0.5) is 17.2 Å². The monoisotopic (exact) mass is 419 g/mol. The van der Waals surface area contributed by atoms with Gasteiger partial charge in [-0.1, -0.05) is 41.9 Å². The highest BCUT2D eigenvalue weighted by molar-refractivity contribution is 6.30. The van der Waals surface area contributed by atoms with Crippen LogP contribution in [0, 0.1) is 0 Å². The van der Waals surface area contributed by atoms with Crippen LogP contribution in [0.3, 0.4) is 0 Å². The number of rotatable bonds is 3. The van der Waals surface area contributed by atoms with Crippen molar-refractivity contribution in [3.05, 3.63) is 86.8 Å². The molecule has 30 heavy (non-hydrogen) atoms. The summed E-state index contributed by atoms with van der Waals surface area (Å²) >= 11 is 6.07. The molecule has 2 N–H and O–H groups in total. The minimum Gasteiger partial charge on any atom is -0.342 e. The Morgan fingerprint density at radius 3 is 2.50 bits per heavy atom. The van der Waals surface area contributed by atoms with Crippen molar-refractivity contribution in [3.8, 4) is 0 Å². The van der Waals surface area contributed by atoms with Crippen LogP contribution in [0.2, 0.25) is 5.02 Å². The molecule has 5 rings (SSSR count). The highest BCUT2D eigenvalue weighted by atomic mass is 35.5. The second-order valence-corrected chi connectivity index (χ2v) is 7.78. The van der Waals surface area contributed by atoms with E-state index in [0.717, 1.165) is 16.8 Å². The zero-order chi connectivity index (χ0) is 20.7. The van der Waals surface area contributed by atoms with E-state index in [1.807, 2.05) is 42.5 Å². The number of aromatic nitrogens is 2. The molecule has 2 heterocycles. The van der Waals surface area contributed by atoms with Gasteiger partial charge < -0.3 is 5.32 Å². The fourth-order valence-corrected chi connectivity index (χ4v) is 4.11. The molecule has 1 aliphatic heterocycles. The van der Waals surface area contributed by atoms with Gasteiger partial charge in [-0.15, -0.1) is 5.11 Å². The maximum Gasteiger partial charge on any atom is 0.294 e. The largest absolute Gasteiger partial charge is 0.342 e. The molecule has 0 bridgehead atoms. The minimum atomic E-state index is -0.345. The summed E-state index contributed by atoms with van der Waals surface area (Å²) in [7, 11) is 0. The number of nitrogens with zero attached hydrogens (tertiary/aromatic N) is 3. The summed E-state index contributed by atoms with van der Waals surface area (Å²) in [5.41, 5.74) is 3.37. The number of benzene rings is 2. The Hall–Kier alpha value is -3.45. The third-order valence-electron chi connectivity index (χ3n) is 5.40. The first-order chi connectivity index (χ1) is 14.6. The molecule has 0 fully saturated rings. The Bertz CT molecular complexity index is 1240. The van der Waals surface area contributed by atoms with Crippen LogP contribution in [-0.4, -0.2) is 15.6 Å². The number of anilines is 1. The van der Waals surface area contributed by atoms with E-state index in [4.69, 9.17) is 11.6 Å². The fraction of sp³-hybridized carbons (Fsp3) is 0.182. The van der Waals surface area contributed by atoms with Crippen molar-refractivity contribution in [2.45, 2.75) is 25.3 Å². The number of ketones is 1. The van der Waals surface area contributed by atoms with Gasteiger partial charge in [0, 0.05) is 23.6 Å². The lowest BCUT2D eigenvalue weighted by Gasteiger charge is -2.34. The normalized spacial score (nSPS) is 18.3. The van der Waals surface area contributed by atoms with Gasteiger partial charge >= 0.3 is 0 Å². The molecule has 150 valence electrons. The third-order valence-corrected chi connectivity index (χ3v) is 5.65. The van der Waals surface area contributed by atoms with E-state index in [-0.39, 0.29) is 23.1 Å². The lowest BCUT2D eigenvalue weighted by atomic mass is 9.86. The van der Waals surface area contributed by atoms with E-state index >= 15 is 0 Å². The van der Waals surface area contributed by atoms with Crippen molar-refractivity contribution in [2.75, 3.05) is 5.32 Å². The second kappa shape index (κ2) is 7.42. The molecule has 0 radical (unpaired) electrons. The number of halogens is 1. The molecular weight excluding hydrogens is 402 g/mol. The third kappa shape index (κ3) is 3.27. The van der Waals surface area contributed by atoms with Crippen LogP contribution in [0.1, 0.15) is 30.9 Å². The lowest BCUT2D eigenvalue weighted by Crippen LogP contribution is -2.29. The minimum absolute atomic E-state index is 0.191. The molecular formula is C22H18ClN5O2. The highest BCUT2D eigenvalue weighted by Crippen LogP contribution is 2.43. The van der Waals surface area contributed by atoms with E-state index in [0.29, 0.717) is 35.8 Å². The quantitative estimate of drug-likeness (QED) is 0.566. The predicted octanol–water partition coefficient (Wildman–Crippen LogP) is 5.27. The maximum absolute atomic E-state index is 12.8. The SMILES string of the molecule is O=C1CCC2=C(C1)C(c1ccc(Cl)cc1)n1[nH]c(=O)c(N=Nc3ccccc3)c1N2. The fourth-order valence-electron chi connectivity index (χ4n) is 3.98. The Balaban J connectivity index is 1.64. The molecule has 0 saturated heterocycles. The summed E-state index contributed by atoms with van der Waals surface area (Å²) < 4.78 is 1.74. The summed E-state index contributed by atoms with van der Waals surface area (Å²) in [4.78, 5) is 24.9. The number of Topliss-reactive ketones (excluding diaryl/α,β-unsaturated/α-hetero) is 1. The number of nitrogens with one attached hydrogen (secondary N) is 2. The van der Waals surface area contributed by atoms with Crippen LogP contribution in [-0.2, 0) is 4.79 Å². The van der Waals surface area contributed by atoms with Crippen LogP contribution < -0.4 is 10.9 Å². The van der Waals surface area contributed by atoms with Crippen molar-refractivity contribution >= 4 is 34.6 Å². The van der Waals surface area contributed by atoms with Gasteiger partial charge in [-0.2, -0.15) is 5.11 Å². The van der Waals surface area contributed by atoms with Gasteiger partial charge in [0.05, 0.1) is 5.69 Å². The molecule has 1 unspecified atom stereocenters. The standard InChI is InChI=1S/C22H18ClN5O2/c23-14-8-6-13(7-9-14)20-17-12-16(29)10-11-18(17)24-21-19(22(30)27-28(20)21)26-25-15-4-2-1-3-5-15/h1-9,20,24H,10-12H2,(H,27,30). The topological polar surface area (TPSA) is 91.6 Å². The lowest BCUT2D eigenvalue weighted by molar-refractivity contribution is -0.118. The molecule has 0 saturated carbocycles. The van der Waals surface area contributed by atoms with Gasteiger partial charge in [-0.05, 0) is 41.8 Å². The van der Waals surface area contributed by atoms with Gasteiger partial charge in [0.2, 0.25) is 0 Å². The molecule has 1 aliphatic carbocycles. The molecule has 3 aromatic rings. The highest BCUT2D eigenvalue weighted by Gasteiger charge is 2.35. The van der Waals surface area contributed by atoms with Gasteiger partial charge in [0.25, 0.3) is 5.56 Å². The Morgan fingerprint density at radius 2 is 1.73 bits per heavy atom. The molecule has 2 aliphatic rings. The van der Waals surface area contributed by atoms with Crippen molar-refractivity contribution < 1.29 is 4.79 Å². The van der Waals surface area contributed by atoms with Crippen molar-refractivity contribution in [3.63, 3.8) is 0 Å². The molecule has 1 atom stereocenters. The average Bonchev–Trinajstić information content (AvgIpc) is 3.07. The number of carbonyl (C=O) groups is 1. The number of azo groups is 1. The van der Waals surface area contributed by atoms with Crippen molar-refractivity contribution in [2.24, 2.45) is 10.2 Å². The van der Waals surface area contributed by atoms with Gasteiger partial charge in [-0.3, -0.25) is 19.4 Å². The maximum atomic E-state index is 12.8. The summed E-state index contributed by atoms with van der Waals surface area (Å²) in [6, 6.07) is 16.4. The number of carbonyl (C=O) groups excluding carboxylic acids is 1. The van der Waals surface area contributed by atoms with E-state index in [2.05, 4.69) is 20.6 Å². The zero-order valence-corrected chi connectivity index (χ0v) is 16.7. The number of aromatic amines is 1. The average molecular weight is 420 g/mol. The Kier molecular flexibility index (Phi) is 4.59. The van der Waals surface area contributed by atoms with E-state index in [9.17, 15) is 9.59 Å². The zero-order valence-electron chi connectivity index (χ0n) is 15.9. The summed E-state index contributed by atoms with van der Waals surface area (Å²) in [5, 5.41) is 15.3. The summed E-state index contributed by atoms with van der Waals surface area (Å²) in [6.07, 6.45) is 1.43. The van der Waals surface area contributed by atoms with E-state index in [1.54, 1.807) is 16.8 Å². The molecule has 0 amide bonds. The van der Waals surface area contributed by atoms with E-state index < -0.39 is 0 Å². The predicted molar refractivity (Wildman–Crippen MR) is 115 cm³/mol. The Labute approximate surface area is 177 Å². The first-order valence-electron chi connectivity index (χ1n) is 9.67. The van der Waals surface area contributed by atoms with Gasteiger partial charge in [-0.25, -0.2) is 0 Å². The van der Waals surface area contributed by atoms with Crippen LogP contribution in [0.15, 0.2) is 80.9 Å². The van der Waals surface area contributed by atoms with Gasteiger partial charge in [0.1, 0.15) is 11.8 Å². The van der Waals surface area contributed by atoms with Gasteiger partial charge in [0.15, 0.2) is 11.5 Å². The number of hydrogen-bond acceptors (Lipinski definition) is 5. The number of fused-ring (bicyclic) bond motifs is 1. The van der Waals surface area contributed by atoms with Crippen LogP contribution >= 0.6 is 11.6 Å². The molecule has 2 aromatic carbocycles. The molecule has 7 nitrogen and oxygen atoms in total. The van der Waals surface area contributed by atoms with Crippen molar-refractivity contribution in [1.29, 1.82) is 0 Å². The summed E-state index contributed by atoms with van der Waals surface area (Å²) in [5.74, 6) is 0.740. The van der Waals surface area contributed by atoms with Crippen molar-refractivity contribution in [1.82, 2.24) is 9.78 Å². The number of allylic oxidation sites excluding steroid dienone is 2. The van der Waals surface area contributed by atoms with Crippen LogP contribution in [0.25, 0.3) is 0 Å². The molecule has 0 spiro atoms. The first kappa shape index (κ1) is 18.6.